The fourth-order valence-corrected chi connectivity index (χ4v) is 4.73. The molecule has 1 atom stereocenters. The molecule has 164 valence electrons. The summed E-state index contributed by atoms with van der Waals surface area (Å²) in [6, 6.07) is 12.5. The van der Waals surface area contributed by atoms with Crippen LogP contribution in [-0.4, -0.2) is 41.8 Å². The lowest BCUT2D eigenvalue weighted by Crippen LogP contribution is -2.41. The van der Waals surface area contributed by atoms with E-state index in [1.165, 1.54) is 12.8 Å². The molecule has 2 aromatic rings. The SMILES string of the molecule is O=C(O)COc1ccc(Cl)cc1C1c2ccccc2CCN1C(=O)OCC1CCCC1. The third-order valence-corrected chi connectivity index (χ3v) is 6.29. The molecule has 0 aromatic heterocycles. The fraction of sp³-hybridized carbons (Fsp3) is 0.417. The Labute approximate surface area is 186 Å². The van der Waals surface area contributed by atoms with Crippen molar-refractivity contribution in [3.8, 4) is 5.75 Å². The van der Waals surface area contributed by atoms with Crippen molar-refractivity contribution in [3.63, 3.8) is 0 Å². The van der Waals surface area contributed by atoms with Crippen LogP contribution in [0.2, 0.25) is 5.02 Å². The monoisotopic (exact) mass is 443 g/mol. The zero-order valence-electron chi connectivity index (χ0n) is 17.3. The van der Waals surface area contributed by atoms with Crippen LogP contribution in [0.25, 0.3) is 0 Å². The highest BCUT2D eigenvalue weighted by molar-refractivity contribution is 6.30. The number of hydrogen-bond donors (Lipinski definition) is 1. The molecule has 2 aliphatic rings. The van der Waals surface area contributed by atoms with Crippen molar-refractivity contribution < 1.29 is 24.2 Å². The van der Waals surface area contributed by atoms with E-state index in [-0.39, 0.29) is 6.09 Å². The number of carbonyl (C=O) groups excluding carboxylic acids is 1. The van der Waals surface area contributed by atoms with Crippen molar-refractivity contribution in [2.45, 2.75) is 38.1 Å². The number of nitrogens with zero attached hydrogens (tertiary/aromatic N) is 1. The Kier molecular flexibility index (Phi) is 6.66. The molecule has 0 saturated heterocycles. The highest BCUT2D eigenvalue weighted by atomic mass is 35.5. The number of halogens is 1. The number of ether oxygens (including phenoxy) is 2. The molecule has 1 heterocycles. The van der Waals surface area contributed by atoms with Gasteiger partial charge in [0, 0.05) is 17.1 Å². The molecule has 0 bridgehead atoms. The second kappa shape index (κ2) is 9.60. The minimum Gasteiger partial charge on any atom is -0.482 e. The summed E-state index contributed by atoms with van der Waals surface area (Å²) in [5.74, 6) is -0.250. The molecular formula is C24H26ClNO5. The predicted octanol–water partition coefficient (Wildman–Crippen LogP) is 5.08. The van der Waals surface area contributed by atoms with Crippen LogP contribution in [0.15, 0.2) is 42.5 Å². The second-order valence-corrected chi connectivity index (χ2v) is 8.57. The van der Waals surface area contributed by atoms with Gasteiger partial charge in [-0.1, -0.05) is 48.7 Å². The number of amides is 1. The number of fused-ring (bicyclic) bond motifs is 1. The van der Waals surface area contributed by atoms with Gasteiger partial charge in [0.2, 0.25) is 0 Å². The quantitative estimate of drug-likeness (QED) is 0.673. The van der Waals surface area contributed by atoms with E-state index in [1.807, 2.05) is 24.3 Å². The molecule has 0 spiro atoms. The standard InChI is InChI=1S/C24H26ClNO5/c25-18-9-10-21(30-15-22(27)28)20(13-18)23-19-8-4-3-7-17(19)11-12-26(23)24(29)31-14-16-5-1-2-6-16/h3-4,7-10,13,16,23H,1-2,5-6,11-12,14-15H2,(H,27,28). The summed E-state index contributed by atoms with van der Waals surface area (Å²) in [4.78, 5) is 25.9. The predicted molar refractivity (Wildman–Crippen MR) is 117 cm³/mol. The largest absolute Gasteiger partial charge is 0.482 e. The smallest absolute Gasteiger partial charge is 0.410 e. The summed E-state index contributed by atoms with van der Waals surface area (Å²) in [6.07, 6.45) is 4.93. The molecule has 6 nitrogen and oxygen atoms in total. The number of carboxylic acids is 1. The van der Waals surface area contributed by atoms with Crippen LogP contribution in [0.1, 0.15) is 48.4 Å². The normalized spacial score (nSPS) is 18.5. The van der Waals surface area contributed by atoms with E-state index in [0.29, 0.717) is 35.4 Å². The zero-order chi connectivity index (χ0) is 21.8. The van der Waals surface area contributed by atoms with Crippen LogP contribution in [-0.2, 0) is 16.0 Å². The lowest BCUT2D eigenvalue weighted by atomic mass is 9.88. The minimum atomic E-state index is -1.07. The van der Waals surface area contributed by atoms with Gasteiger partial charge in [-0.3, -0.25) is 4.90 Å². The van der Waals surface area contributed by atoms with Gasteiger partial charge < -0.3 is 14.6 Å². The average Bonchev–Trinajstić information content (AvgIpc) is 3.29. The van der Waals surface area contributed by atoms with Crippen LogP contribution in [0.3, 0.4) is 0 Å². The summed E-state index contributed by atoms with van der Waals surface area (Å²) in [7, 11) is 0. The third kappa shape index (κ3) is 4.96. The lowest BCUT2D eigenvalue weighted by Gasteiger charge is -2.37. The van der Waals surface area contributed by atoms with Crippen molar-refractivity contribution in [2.24, 2.45) is 5.92 Å². The number of carboxylic acid groups (broad SMARTS) is 1. The number of benzene rings is 2. The molecule has 0 radical (unpaired) electrons. The van der Waals surface area contributed by atoms with Gasteiger partial charge in [0.1, 0.15) is 5.75 Å². The van der Waals surface area contributed by atoms with Gasteiger partial charge in [-0.05, 0) is 54.5 Å². The van der Waals surface area contributed by atoms with Crippen LogP contribution in [0.4, 0.5) is 4.79 Å². The van der Waals surface area contributed by atoms with Crippen molar-refractivity contribution >= 4 is 23.7 Å². The Bertz CT molecular complexity index is 957. The Morgan fingerprint density at radius 2 is 1.87 bits per heavy atom. The van der Waals surface area contributed by atoms with Crippen molar-refractivity contribution in [1.29, 1.82) is 0 Å². The lowest BCUT2D eigenvalue weighted by molar-refractivity contribution is -0.139. The van der Waals surface area contributed by atoms with Gasteiger partial charge in [0.05, 0.1) is 12.6 Å². The topological polar surface area (TPSA) is 76.1 Å². The summed E-state index contributed by atoms with van der Waals surface area (Å²) in [6.45, 7) is 0.451. The molecule has 1 amide bonds. The summed E-state index contributed by atoms with van der Waals surface area (Å²) in [5, 5.41) is 9.55. The Balaban J connectivity index is 1.67. The summed E-state index contributed by atoms with van der Waals surface area (Å²) < 4.78 is 11.3. The minimum absolute atomic E-state index is 0.365. The van der Waals surface area contributed by atoms with Gasteiger partial charge in [0.15, 0.2) is 6.61 Å². The average molecular weight is 444 g/mol. The van der Waals surface area contributed by atoms with Crippen molar-refractivity contribution in [2.75, 3.05) is 19.8 Å². The van der Waals surface area contributed by atoms with E-state index in [0.717, 1.165) is 30.4 Å². The van der Waals surface area contributed by atoms with E-state index in [9.17, 15) is 9.59 Å². The molecule has 4 rings (SSSR count). The molecule has 1 N–H and O–H groups in total. The van der Waals surface area contributed by atoms with E-state index < -0.39 is 18.6 Å². The molecule has 2 aromatic carbocycles. The van der Waals surface area contributed by atoms with Gasteiger partial charge in [-0.2, -0.15) is 0 Å². The first kappa shape index (κ1) is 21.5. The first-order valence-electron chi connectivity index (χ1n) is 10.7. The Hall–Kier alpha value is -2.73. The number of aliphatic carboxylic acids is 1. The van der Waals surface area contributed by atoms with E-state index in [2.05, 4.69) is 0 Å². The number of rotatable bonds is 6. The molecule has 1 unspecified atom stereocenters. The van der Waals surface area contributed by atoms with Gasteiger partial charge in [0.25, 0.3) is 0 Å². The van der Waals surface area contributed by atoms with Gasteiger partial charge >= 0.3 is 12.1 Å². The molecule has 1 aliphatic carbocycles. The zero-order valence-corrected chi connectivity index (χ0v) is 18.0. The Morgan fingerprint density at radius 3 is 2.65 bits per heavy atom. The Morgan fingerprint density at radius 1 is 1.10 bits per heavy atom. The second-order valence-electron chi connectivity index (χ2n) is 8.14. The molecule has 1 saturated carbocycles. The van der Waals surface area contributed by atoms with Crippen molar-refractivity contribution in [1.82, 2.24) is 4.90 Å². The molecular weight excluding hydrogens is 418 g/mol. The third-order valence-electron chi connectivity index (χ3n) is 6.05. The van der Waals surface area contributed by atoms with Gasteiger partial charge in [-0.15, -0.1) is 0 Å². The van der Waals surface area contributed by atoms with Crippen LogP contribution >= 0.6 is 11.6 Å². The van der Waals surface area contributed by atoms with Gasteiger partial charge in [-0.25, -0.2) is 9.59 Å². The molecule has 1 fully saturated rings. The van der Waals surface area contributed by atoms with E-state index >= 15 is 0 Å². The van der Waals surface area contributed by atoms with E-state index in [1.54, 1.807) is 23.1 Å². The summed E-state index contributed by atoms with van der Waals surface area (Å²) >= 11 is 6.29. The van der Waals surface area contributed by atoms with Crippen molar-refractivity contribution in [3.05, 3.63) is 64.2 Å². The molecule has 7 heteroatoms. The summed E-state index contributed by atoms with van der Waals surface area (Å²) in [5.41, 5.74) is 2.75. The molecule has 31 heavy (non-hydrogen) atoms. The maximum atomic E-state index is 13.1. The number of carbonyl (C=O) groups is 2. The maximum absolute atomic E-state index is 13.1. The first-order valence-corrected chi connectivity index (χ1v) is 11.1. The van der Waals surface area contributed by atoms with Crippen LogP contribution in [0, 0.1) is 5.92 Å². The van der Waals surface area contributed by atoms with Crippen LogP contribution < -0.4 is 4.74 Å². The van der Waals surface area contributed by atoms with Crippen LogP contribution in [0.5, 0.6) is 5.75 Å². The highest BCUT2D eigenvalue weighted by Crippen LogP contribution is 2.41. The maximum Gasteiger partial charge on any atom is 0.410 e. The first-order chi connectivity index (χ1) is 15.0. The fourth-order valence-electron chi connectivity index (χ4n) is 4.55. The number of hydrogen-bond acceptors (Lipinski definition) is 4. The molecule has 1 aliphatic heterocycles. The highest BCUT2D eigenvalue weighted by Gasteiger charge is 2.35. The van der Waals surface area contributed by atoms with E-state index in [4.69, 9.17) is 26.2 Å².